The second-order valence-electron chi connectivity index (χ2n) is 6.66. The number of hydrogen-bond acceptors (Lipinski definition) is 5. The Morgan fingerprint density at radius 1 is 1.15 bits per heavy atom. The average Bonchev–Trinajstić information content (AvgIpc) is 2.56. The van der Waals surface area contributed by atoms with Crippen LogP contribution >= 0.6 is 11.6 Å². The van der Waals surface area contributed by atoms with Crippen molar-refractivity contribution in [1.82, 2.24) is 14.3 Å². The molecule has 1 aromatic carbocycles. The van der Waals surface area contributed by atoms with Gasteiger partial charge in [0, 0.05) is 6.54 Å². The molecule has 26 heavy (non-hydrogen) atoms. The minimum atomic E-state index is -3.58. The number of ether oxygens (including phenoxy) is 1. The summed E-state index contributed by atoms with van der Waals surface area (Å²) in [6.07, 6.45) is 4.11. The fourth-order valence-corrected chi connectivity index (χ4v) is 5.45. The van der Waals surface area contributed by atoms with Crippen LogP contribution in [0.3, 0.4) is 0 Å². The number of benzene rings is 1. The minimum absolute atomic E-state index is 0.210. The lowest BCUT2D eigenvalue weighted by Crippen LogP contribution is -2.44. The van der Waals surface area contributed by atoms with Gasteiger partial charge in [0.1, 0.15) is 6.10 Å². The van der Waals surface area contributed by atoms with E-state index in [0.29, 0.717) is 16.5 Å². The lowest BCUT2D eigenvalue weighted by Gasteiger charge is -2.32. The van der Waals surface area contributed by atoms with Crippen molar-refractivity contribution >= 4 is 21.6 Å². The Balaban J connectivity index is 1.81. The number of halogens is 1. The molecule has 1 fully saturated rings. The topological polar surface area (TPSA) is 72.4 Å². The zero-order valence-electron chi connectivity index (χ0n) is 15.1. The van der Waals surface area contributed by atoms with Crippen molar-refractivity contribution in [3.8, 4) is 6.01 Å². The van der Waals surface area contributed by atoms with Crippen LogP contribution in [0, 0.1) is 20.8 Å². The van der Waals surface area contributed by atoms with Crippen molar-refractivity contribution in [2.45, 2.75) is 44.6 Å². The highest BCUT2D eigenvalue weighted by molar-refractivity contribution is 7.89. The van der Waals surface area contributed by atoms with Gasteiger partial charge in [-0.3, -0.25) is 0 Å². The van der Waals surface area contributed by atoms with Crippen LogP contribution in [-0.2, 0) is 10.0 Å². The van der Waals surface area contributed by atoms with Crippen LogP contribution in [0.1, 0.15) is 29.5 Å². The third-order valence-corrected chi connectivity index (χ3v) is 6.78. The molecule has 8 heteroatoms. The van der Waals surface area contributed by atoms with Gasteiger partial charge in [-0.2, -0.15) is 4.31 Å². The molecule has 0 spiro atoms. The Kier molecular flexibility index (Phi) is 5.50. The summed E-state index contributed by atoms with van der Waals surface area (Å²) < 4.78 is 33.7. The Labute approximate surface area is 159 Å². The molecule has 6 nitrogen and oxygen atoms in total. The summed E-state index contributed by atoms with van der Waals surface area (Å²) >= 11 is 5.78. The fourth-order valence-electron chi connectivity index (χ4n) is 3.43. The minimum Gasteiger partial charge on any atom is -0.459 e. The Hall–Kier alpha value is -1.70. The molecule has 1 unspecified atom stereocenters. The number of aryl methyl sites for hydroxylation is 3. The van der Waals surface area contributed by atoms with E-state index in [4.69, 9.17) is 16.3 Å². The van der Waals surface area contributed by atoms with Crippen LogP contribution in [0.2, 0.25) is 5.02 Å². The van der Waals surface area contributed by atoms with Gasteiger partial charge in [-0.25, -0.2) is 18.4 Å². The molecule has 1 atom stereocenters. The molecule has 1 aromatic heterocycles. The molecular weight excluding hydrogens is 374 g/mol. The van der Waals surface area contributed by atoms with Gasteiger partial charge < -0.3 is 4.74 Å². The highest BCUT2D eigenvalue weighted by Gasteiger charge is 2.33. The zero-order valence-corrected chi connectivity index (χ0v) is 16.6. The largest absolute Gasteiger partial charge is 0.459 e. The lowest BCUT2D eigenvalue weighted by atomic mass is 10.1. The zero-order chi connectivity index (χ0) is 18.9. The number of hydrogen-bond donors (Lipinski definition) is 0. The number of nitrogens with zero attached hydrogens (tertiary/aromatic N) is 3. The molecule has 0 N–H and O–H groups in total. The summed E-state index contributed by atoms with van der Waals surface area (Å²) in [4.78, 5) is 8.44. The van der Waals surface area contributed by atoms with Gasteiger partial charge in [-0.05, 0) is 44.7 Å². The smallest absolute Gasteiger partial charge is 0.316 e. The van der Waals surface area contributed by atoms with Crippen LogP contribution in [0.5, 0.6) is 6.01 Å². The molecule has 0 saturated carbocycles. The van der Waals surface area contributed by atoms with Gasteiger partial charge >= 0.3 is 6.01 Å². The van der Waals surface area contributed by atoms with Gasteiger partial charge in [-0.1, -0.05) is 29.3 Å². The van der Waals surface area contributed by atoms with Crippen LogP contribution in [0.15, 0.2) is 29.4 Å². The maximum atomic E-state index is 13.2. The van der Waals surface area contributed by atoms with Gasteiger partial charge in [0.2, 0.25) is 10.0 Å². The van der Waals surface area contributed by atoms with Gasteiger partial charge in [-0.15, -0.1) is 0 Å². The van der Waals surface area contributed by atoms with Gasteiger partial charge in [0.05, 0.1) is 28.9 Å². The standard InChI is InChI=1S/C18H22ClN3O3S/c1-12-7-13(2)17(14(3)8-12)26(23,24)22-6-4-5-16(11-22)25-18-20-9-15(19)10-21-18/h7-10,16H,4-6,11H2,1-3H3. The molecule has 2 aromatic rings. The molecular formula is C18H22ClN3O3S. The second-order valence-corrected chi connectivity index (χ2v) is 8.97. The molecule has 0 bridgehead atoms. The monoisotopic (exact) mass is 395 g/mol. The molecule has 140 valence electrons. The highest BCUT2D eigenvalue weighted by atomic mass is 35.5. The molecule has 0 amide bonds. The van der Waals surface area contributed by atoms with E-state index in [2.05, 4.69) is 9.97 Å². The first-order valence-electron chi connectivity index (χ1n) is 8.49. The third-order valence-electron chi connectivity index (χ3n) is 4.41. The van der Waals surface area contributed by atoms with E-state index in [9.17, 15) is 8.42 Å². The van der Waals surface area contributed by atoms with Crippen LogP contribution in [0.4, 0.5) is 0 Å². The SMILES string of the molecule is Cc1cc(C)c(S(=O)(=O)N2CCCC(Oc3ncc(Cl)cn3)C2)c(C)c1. The number of rotatable bonds is 4. The highest BCUT2D eigenvalue weighted by Crippen LogP contribution is 2.28. The second kappa shape index (κ2) is 7.50. The summed E-state index contributed by atoms with van der Waals surface area (Å²) in [6.45, 7) is 6.41. The fraction of sp³-hybridized carbons (Fsp3) is 0.444. The van der Waals surface area contributed by atoms with E-state index < -0.39 is 10.0 Å². The Bertz CT molecular complexity index is 877. The van der Waals surface area contributed by atoms with E-state index in [-0.39, 0.29) is 18.7 Å². The maximum absolute atomic E-state index is 13.2. The first-order chi connectivity index (χ1) is 12.3. The lowest BCUT2D eigenvalue weighted by molar-refractivity contribution is 0.119. The molecule has 2 heterocycles. The molecule has 1 aliphatic heterocycles. The van der Waals surface area contributed by atoms with Gasteiger partial charge in [0.25, 0.3) is 0 Å². The molecule has 3 rings (SSSR count). The van der Waals surface area contributed by atoms with E-state index in [0.717, 1.165) is 29.5 Å². The summed E-state index contributed by atoms with van der Waals surface area (Å²) in [6, 6.07) is 4.01. The molecule has 1 saturated heterocycles. The average molecular weight is 396 g/mol. The van der Waals surface area contributed by atoms with Crippen molar-refractivity contribution in [2.75, 3.05) is 13.1 Å². The van der Waals surface area contributed by atoms with Crippen molar-refractivity contribution in [3.05, 3.63) is 46.2 Å². The van der Waals surface area contributed by atoms with E-state index in [1.807, 2.05) is 32.9 Å². The summed E-state index contributed by atoms with van der Waals surface area (Å²) in [5, 5.41) is 0.426. The maximum Gasteiger partial charge on any atom is 0.316 e. The molecule has 0 radical (unpaired) electrons. The van der Waals surface area contributed by atoms with Crippen molar-refractivity contribution in [2.24, 2.45) is 0 Å². The van der Waals surface area contributed by atoms with Crippen molar-refractivity contribution in [1.29, 1.82) is 0 Å². The van der Waals surface area contributed by atoms with Crippen molar-refractivity contribution in [3.63, 3.8) is 0 Å². The summed E-state index contributed by atoms with van der Waals surface area (Å²) in [5.41, 5.74) is 2.59. The number of aromatic nitrogens is 2. The quantitative estimate of drug-likeness (QED) is 0.794. The number of piperidine rings is 1. The van der Waals surface area contributed by atoms with Crippen LogP contribution in [0.25, 0.3) is 0 Å². The molecule has 0 aliphatic carbocycles. The van der Waals surface area contributed by atoms with Crippen LogP contribution in [-0.4, -0.2) is 41.9 Å². The van der Waals surface area contributed by atoms with Crippen molar-refractivity contribution < 1.29 is 13.2 Å². The third kappa shape index (κ3) is 4.00. The first-order valence-corrected chi connectivity index (χ1v) is 10.3. The Morgan fingerprint density at radius 3 is 2.38 bits per heavy atom. The summed E-state index contributed by atoms with van der Waals surface area (Å²) in [5.74, 6) is 0. The van der Waals surface area contributed by atoms with Crippen LogP contribution < -0.4 is 4.74 Å². The first kappa shape index (κ1) is 19.1. The Morgan fingerprint density at radius 2 is 1.77 bits per heavy atom. The number of sulfonamides is 1. The predicted molar refractivity (Wildman–Crippen MR) is 100 cm³/mol. The normalized spacial score (nSPS) is 18.7. The molecule has 1 aliphatic rings. The van der Waals surface area contributed by atoms with E-state index in [1.54, 1.807) is 0 Å². The predicted octanol–water partition coefficient (Wildman–Crippen LogP) is 3.29. The van der Waals surface area contributed by atoms with Gasteiger partial charge in [0.15, 0.2) is 0 Å². The summed E-state index contributed by atoms with van der Waals surface area (Å²) in [7, 11) is -3.58. The van der Waals surface area contributed by atoms with E-state index >= 15 is 0 Å². The van der Waals surface area contributed by atoms with E-state index in [1.165, 1.54) is 16.7 Å².